The second kappa shape index (κ2) is 7.83. The number of alkyl halides is 3. The lowest BCUT2D eigenvalue weighted by atomic mass is 10.1. The Labute approximate surface area is 144 Å². The third-order valence-corrected chi connectivity index (χ3v) is 3.18. The molecule has 0 atom stereocenters. The molecule has 0 aliphatic rings. The first kappa shape index (κ1) is 18.5. The standard InChI is InChI=1S/C18H18F3N3O/c1-22-12-13-4-8-15(9-5-13)23-17(24(2)3)14-6-10-16(11-7-14)25-18(19,20)21/h4-12H,1-3H3/b22-12+,23-17-. The summed E-state index contributed by atoms with van der Waals surface area (Å²) in [5.41, 5.74) is 2.37. The number of nitrogens with zero attached hydrogens (tertiary/aromatic N) is 3. The predicted octanol–water partition coefficient (Wildman–Crippen LogP) is 4.27. The first-order valence-electron chi connectivity index (χ1n) is 7.43. The van der Waals surface area contributed by atoms with Crippen LogP contribution in [0.2, 0.25) is 0 Å². The van der Waals surface area contributed by atoms with Crippen molar-refractivity contribution >= 4 is 17.7 Å². The Morgan fingerprint density at radius 3 is 2.08 bits per heavy atom. The molecule has 0 radical (unpaired) electrons. The van der Waals surface area contributed by atoms with Crippen LogP contribution in [0, 0.1) is 0 Å². The molecule has 0 saturated carbocycles. The van der Waals surface area contributed by atoms with Crippen LogP contribution in [0.25, 0.3) is 0 Å². The van der Waals surface area contributed by atoms with Crippen LogP contribution in [0.3, 0.4) is 0 Å². The van der Waals surface area contributed by atoms with Crippen molar-refractivity contribution in [3.05, 3.63) is 59.7 Å². The first-order valence-corrected chi connectivity index (χ1v) is 7.43. The summed E-state index contributed by atoms with van der Waals surface area (Å²) in [6.07, 6.45) is -2.97. The second-order valence-electron chi connectivity index (χ2n) is 5.38. The number of ether oxygens (including phenoxy) is 1. The van der Waals surface area contributed by atoms with Gasteiger partial charge < -0.3 is 9.64 Å². The van der Waals surface area contributed by atoms with Crippen LogP contribution in [0.4, 0.5) is 18.9 Å². The molecule has 2 rings (SSSR count). The van der Waals surface area contributed by atoms with E-state index >= 15 is 0 Å². The summed E-state index contributed by atoms with van der Waals surface area (Å²) in [6, 6.07) is 13.1. The summed E-state index contributed by atoms with van der Waals surface area (Å²) in [5, 5.41) is 0. The number of hydrogen-bond acceptors (Lipinski definition) is 3. The van der Waals surface area contributed by atoms with Crippen molar-refractivity contribution in [2.75, 3.05) is 21.1 Å². The van der Waals surface area contributed by atoms with Crippen LogP contribution in [0.15, 0.2) is 58.5 Å². The molecule has 0 aliphatic heterocycles. The molecular formula is C18H18F3N3O. The van der Waals surface area contributed by atoms with Gasteiger partial charge in [0, 0.05) is 32.9 Å². The number of benzene rings is 2. The highest BCUT2D eigenvalue weighted by atomic mass is 19.4. The molecule has 2 aromatic rings. The van der Waals surface area contributed by atoms with Gasteiger partial charge in [0.1, 0.15) is 11.6 Å². The van der Waals surface area contributed by atoms with Crippen molar-refractivity contribution in [2.24, 2.45) is 9.98 Å². The first-order chi connectivity index (χ1) is 11.8. The number of aliphatic imine (C=N–C) groups is 2. The van der Waals surface area contributed by atoms with E-state index in [1.165, 1.54) is 24.3 Å². The molecule has 0 saturated heterocycles. The molecule has 0 N–H and O–H groups in total. The van der Waals surface area contributed by atoms with Crippen molar-refractivity contribution in [1.29, 1.82) is 0 Å². The van der Waals surface area contributed by atoms with E-state index in [-0.39, 0.29) is 5.75 Å². The van der Waals surface area contributed by atoms with Crippen molar-refractivity contribution in [1.82, 2.24) is 4.90 Å². The van der Waals surface area contributed by atoms with Gasteiger partial charge in [-0.05, 0) is 42.0 Å². The van der Waals surface area contributed by atoms with Crippen molar-refractivity contribution in [3.8, 4) is 5.75 Å². The molecule has 7 heteroatoms. The maximum absolute atomic E-state index is 12.2. The van der Waals surface area contributed by atoms with Crippen LogP contribution >= 0.6 is 0 Å². The highest BCUT2D eigenvalue weighted by molar-refractivity contribution is 6.00. The number of hydrogen-bond donors (Lipinski definition) is 0. The molecule has 4 nitrogen and oxygen atoms in total. The second-order valence-corrected chi connectivity index (χ2v) is 5.38. The lowest BCUT2D eigenvalue weighted by Gasteiger charge is -2.17. The zero-order chi connectivity index (χ0) is 18.4. The minimum atomic E-state index is -4.70. The smallest absolute Gasteiger partial charge is 0.406 e. The van der Waals surface area contributed by atoms with Crippen LogP contribution < -0.4 is 4.74 Å². The molecular weight excluding hydrogens is 331 g/mol. The third kappa shape index (κ3) is 5.63. The van der Waals surface area contributed by atoms with Crippen LogP contribution in [0.1, 0.15) is 11.1 Å². The van der Waals surface area contributed by atoms with E-state index in [0.29, 0.717) is 11.4 Å². The van der Waals surface area contributed by atoms with Gasteiger partial charge in [-0.3, -0.25) is 4.99 Å². The fraction of sp³-hybridized carbons (Fsp3) is 0.222. The monoisotopic (exact) mass is 349 g/mol. The lowest BCUT2D eigenvalue weighted by Crippen LogP contribution is -2.23. The molecule has 0 amide bonds. The third-order valence-electron chi connectivity index (χ3n) is 3.18. The average Bonchev–Trinajstić information content (AvgIpc) is 2.54. The largest absolute Gasteiger partial charge is 0.573 e. The maximum Gasteiger partial charge on any atom is 0.573 e. The topological polar surface area (TPSA) is 37.2 Å². The summed E-state index contributed by atoms with van der Waals surface area (Å²) in [4.78, 5) is 10.3. The van der Waals surface area contributed by atoms with E-state index in [4.69, 9.17) is 0 Å². The fourth-order valence-electron chi connectivity index (χ4n) is 2.13. The highest BCUT2D eigenvalue weighted by Gasteiger charge is 2.31. The van der Waals surface area contributed by atoms with Gasteiger partial charge in [-0.1, -0.05) is 12.1 Å². The lowest BCUT2D eigenvalue weighted by molar-refractivity contribution is -0.274. The van der Waals surface area contributed by atoms with Crippen LogP contribution in [-0.4, -0.2) is 44.5 Å². The van der Waals surface area contributed by atoms with E-state index in [1.54, 1.807) is 18.2 Å². The molecule has 0 bridgehead atoms. The Balaban J connectivity index is 2.28. The Morgan fingerprint density at radius 1 is 1.00 bits per heavy atom. The van der Waals surface area contributed by atoms with Gasteiger partial charge >= 0.3 is 6.36 Å². The van der Waals surface area contributed by atoms with E-state index in [1.807, 2.05) is 38.4 Å². The van der Waals surface area contributed by atoms with Gasteiger partial charge in [0.15, 0.2) is 0 Å². The predicted molar refractivity (Wildman–Crippen MR) is 93.0 cm³/mol. The van der Waals surface area contributed by atoms with E-state index < -0.39 is 6.36 Å². The SMILES string of the molecule is C/N=C/c1ccc(/N=C(/c2ccc(OC(F)(F)F)cc2)N(C)C)cc1. The summed E-state index contributed by atoms with van der Waals surface area (Å²) in [6.45, 7) is 0. The molecule has 25 heavy (non-hydrogen) atoms. The van der Waals surface area contributed by atoms with E-state index in [0.717, 1.165) is 11.3 Å². The molecule has 0 aliphatic carbocycles. The summed E-state index contributed by atoms with van der Waals surface area (Å²) >= 11 is 0. The van der Waals surface area contributed by atoms with Crippen LogP contribution in [-0.2, 0) is 0 Å². The molecule has 0 spiro atoms. The normalized spacial score (nSPS) is 12.5. The Hall–Kier alpha value is -2.83. The molecule has 0 heterocycles. The van der Waals surface area contributed by atoms with Crippen molar-refractivity contribution in [3.63, 3.8) is 0 Å². The van der Waals surface area contributed by atoms with Gasteiger partial charge in [0.25, 0.3) is 0 Å². The minimum Gasteiger partial charge on any atom is -0.406 e. The number of rotatable bonds is 4. The molecule has 132 valence electrons. The van der Waals surface area contributed by atoms with E-state index in [2.05, 4.69) is 14.7 Å². The average molecular weight is 349 g/mol. The quantitative estimate of drug-likeness (QED) is 0.610. The zero-order valence-electron chi connectivity index (χ0n) is 14.1. The Morgan fingerprint density at radius 2 is 1.60 bits per heavy atom. The van der Waals surface area contributed by atoms with Crippen molar-refractivity contribution < 1.29 is 17.9 Å². The van der Waals surface area contributed by atoms with Gasteiger partial charge in [-0.25, -0.2) is 4.99 Å². The molecule has 0 unspecified atom stereocenters. The Kier molecular flexibility index (Phi) is 5.80. The maximum atomic E-state index is 12.2. The van der Waals surface area contributed by atoms with Gasteiger partial charge in [0.05, 0.1) is 5.69 Å². The summed E-state index contributed by atoms with van der Waals surface area (Å²) in [7, 11) is 5.33. The minimum absolute atomic E-state index is 0.266. The highest BCUT2D eigenvalue weighted by Crippen LogP contribution is 2.23. The summed E-state index contributed by atoms with van der Waals surface area (Å²) < 4.78 is 40.6. The van der Waals surface area contributed by atoms with E-state index in [9.17, 15) is 13.2 Å². The molecule has 0 fully saturated rings. The zero-order valence-corrected chi connectivity index (χ0v) is 14.1. The molecule has 2 aromatic carbocycles. The van der Waals surface area contributed by atoms with Gasteiger partial charge in [-0.15, -0.1) is 13.2 Å². The van der Waals surface area contributed by atoms with Crippen molar-refractivity contribution in [2.45, 2.75) is 6.36 Å². The fourth-order valence-corrected chi connectivity index (χ4v) is 2.13. The number of amidine groups is 1. The Bertz CT molecular complexity index is 749. The number of halogens is 3. The molecule has 0 aromatic heterocycles. The van der Waals surface area contributed by atoms with Crippen LogP contribution in [0.5, 0.6) is 5.75 Å². The van der Waals surface area contributed by atoms with Gasteiger partial charge in [-0.2, -0.15) is 0 Å². The van der Waals surface area contributed by atoms with Gasteiger partial charge in [0.2, 0.25) is 0 Å². The summed E-state index contributed by atoms with van der Waals surface area (Å²) in [5.74, 6) is 0.355.